The van der Waals surface area contributed by atoms with Crippen LogP contribution in [-0.2, 0) is 4.74 Å². The highest BCUT2D eigenvalue weighted by Crippen LogP contribution is 2.31. The number of rotatable bonds is 5. The van der Waals surface area contributed by atoms with Crippen molar-refractivity contribution < 1.29 is 9.47 Å². The van der Waals surface area contributed by atoms with Gasteiger partial charge in [-0.2, -0.15) is 0 Å². The summed E-state index contributed by atoms with van der Waals surface area (Å²) in [5.74, 6) is 2.56. The fourth-order valence-corrected chi connectivity index (χ4v) is 3.79. The molecule has 5 rings (SSSR count). The smallest absolute Gasteiger partial charge is 0.146 e. The van der Waals surface area contributed by atoms with Gasteiger partial charge in [0, 0.05) is 30.7 Å². The summed E-state index contributed by atoms with van der Waals surface area (Å²) in [6.45, 7) is 5.71. The Morgan fingerprint density at radius 2 is 1.77 bits per heavy atom. The molecule has 0 spiro atoms. The van der Waals surface area contributed by atoms with Gasteiger partial charge in [-0.15, -0.1) is 0 Å². The molecule has 0 aliphatic carbocycles. The number of pyridine rings is 1. The molecule has 30 heavy (non-hydrogen) atoms. The van der Waals surface area contributed by atoms with Crippen LogP contribution in [0.15, 0.2) is 61.1 Å². The van der Waals surface area contributed by atoms with Gasteiger partial charge in [-0.25, -0.2) is 15.0 Å². The Bertz CT molecular complexity index is 1150. The van der Waals surface area contributed by atoms with Gasteiger partial charge in [-0.3, -0.25) is 4.57 Å². The Morgan fingerprint density at radius 3 is 2.57 bits per heavy atom. The lowest BCUT2D eigenvalue weighted by Gasteiger charge is -2.27. The van der Waals surface area contributed by atoms with Gasteiger partial charge in [-0.05, 0) is 55.0 Å². The lowest BCUT2D eigenvalue weighted by atomic mass is 10.1. The van der Waals surface area contributed by atoms with Crippen molar-refractivity contribution in [3.63, 3.8) is 0 Å². The first-order chi connectivity index (χ1) is 14.8. The molecule has 0 N–H and O–H groups in total. The summed E-state index contributed by atoms with van der Waals surface area (Å²) in [6, 6.07) is 16.3. The Balaban J connectivity index is 1.62. The molecule has 152 valence electrons. The average Bonchev–Trinajstić information content (AvgIpc) is 3.20. The Kier molecular flexibility index (Phi) is 5.03. The first-order valence-electron chi connectivity index (χ1n) is 10.2. The van der Waals surface area contributed by atoms with E-state index in [1.165, 1.54) is 0 Å². The van der Waals surface area contributed by atoms with Crippen LogP contribution in [0.5, 0.6) is 5.75 Å². The van der Waals surface area contributed by atoms with Gasteiger partial charge in [0.25, 0.3) is 0 Å². The number of hydrogen-bond acceptors (Lipinski definition) is 6. The number of nitrogens with zero attached hydrogens (tertiary/aromatic N) is 5. The number of morpholine rings is 1. The van der Waals surface area contributed by atoms with E-state index in [1.807, 2.05) is 37.4 Å². The molecule has 7 heteroatoms. The van der Waals surface area contributed by atoms with Crippen molar-refractivity contribution in [2.75, 3.05) is 37.8 Å². The molecule has 0 amide bonds. The van der Waals surface area contributed by atoms with Crippen LogP contribution < -0.4 is 9.64 Å². The van der Waals surface area contributed by atoms with E-state index in [9.17, 15) is 0 Å². The largest absolute Gasteiger partial charge is 0.494 e. The summed E-state index contributed by atoms with van der Waals surface area (Å²) in [5, 5.41) is 1.06. The summed E-state index contributed by atoms with van der Waals surface area (Å²) in [7, 11) is 0. The van der Waals surface area contributed by atoms with Crippen LogP contribution in [0.3, 0.4) is 0 Å². The molecule has 1 saturated heterocycles. The minimum Gasteiger partial charge on any atom is -0.494 e. The number of hydrogen-bond donors (Lipinski definition) is 0. The average molecular weight is 401 g/mol. The molecule has 3 aromatic heterocycles. The number of aromatic nitrogens is 4. The molecule has 7 nitrogen and oxygen atoms in total. The third-order valence-corrected chi connectivity index (χ3v) is 5.23. The van der Waals surface area contributed by atoms with E-state index in [-0.39, 0.29) is 0 Å². The zero-order valence-electron chi connectivity index (χ0n) is 16.9. The van der Waals surface area contributed by atoms with Crippen molar-refractivity contribution in [1.82, 2.24) is 19.5 Å². The van der Waals surface area contributed by atoms with Crippen LogP contribution in [0, 0.1) is 0 Å². The van der Waals surface area contributed by atoms with Gasteiger partial charge in [0.1, 0.15) is 29.4 Å². The first kappa shape index (κ1) is 18.6. The van der Waals surface area contributed by atoms with Gasteiger partial charge in [0.2, 0.25) is 0 Å². The Morgan fingerprint density at radius 1 is 0.967 bits per heavy atom. The van der Waals surface area contributed by atoms with Gasteiger partial charge in [0.15, 0.2) is 0 Å². The lowest BCUT2D eigenvalue weighted by Crippen LogP contribution is -2.36. The zero-order valence-corrected chi connectivity index (χ0v) is 16.9. The fraction of sp³-hybridized carbons (Fsp3) is 0.261. The molecule has 0 unspecified atom stereocenters. The van der Waals surface area contributed by atoms with E-state index in [0.29, 0.717) is 19.8 Å². The molecule has 1 aromatic carbocycles. The summed E-state index contributed by atoms with van der Waals surface area (Å²) in [5.41, 5.74) is 2.97. The topological polar surface area (TPSA) is 65.3 Å². The van der Waals surface area contributed by atoms with E-state index in [4.69, 9.17) is 9.47 Å². The van der Waals surface area contributed by atoms with Crippen molar-refractivity contribution in [3.05, 3.63) is 61.1 Å². The molecular weight excluding hydrogens is 378 g/mol. The van der Waals surface area contributed by atoms with E-state index in [0.717, 1.165) is 52.8 Å². The third kappa shape index (κ3) is 3.48. The van der Waals surface area contributed by atoms with Crippen molar-refractivity contribution in [2.24, 2.45) is 0 Å². The molecule has 4 heterocycles. The molecule has 1 aliphatic rings. The number of anilines is 1. The summed E-state index contributed by atoms with van der Waals surface area (Å²) in [6.07, 6.45) is 3.43. The van der Waals surface area contributed by atoms with E-state index in [1.54, 1.807) is 6.33 Å². The van der Waals surface area contributed by atoms with Crippen molar-refractivity contribution >= 4 is 16.9 Å². The van der Waals surface area contributed by atoms with Crippen LogP contribution in [0.1, 0.15) is 6.92 Å². The maximum absolute atomic E-state index is 5.60. The maximum Gasteiger partial charge on any atom is 0.146 e. The predicted octanol–water partition coefficient (Wildman–Crippen LogP) is 3.72. The van der Waals surface area contributed by atoms with Gasteiger partial charge < -0.3 is 14.4 Å². The van der Waals surface area contributed by atoms with E-state index in [2.05, 4.69) is 48.7 Å². The van der Waals surface area contributed by atoms with Crippen LogP contribution in [0.25, 0.3) is 28.1 Å². The summed E-state index contributed by atoms with van der Waals surface area (Å²) in [4.78, 5) is 15.9. The minimum absolute atomic E-state index is 0.648. The quantitative estimate of drug-likeness (QED) is 0.508. The fourth-order valence-electron chi connectivity index (χ4n) is 3.79. The molecule has 0 bridgehead atoms. The van der Waals surface area contributed by atoms with Crippen LogP contribution in [0.4, 0.5) is 5.82 Å². The first-order valence-corrected chi connectivity index (χ1v) is 10.2. The molecule has 0 radical (unpaired) electrons. The SMILES string of the molecule is CCOc1ccc(-c2cc3cccnc3n2-c2cc(N3CCOCC3)ncn2)cc1. The second-order valence-electron chi connectivity index (χ2n) is 7.07. The predicted molar refractivity (Wildman–Crippen MR) is 116 cm³/mol. The Labute approximate surface area is 174 Å². The van der Waals surface area contributed by atoms with Gasteiger partial charge in [-0.1, -0.05) is 0 Å². The highest BCUT2D eigenvalue weighted by molar-refractivity contribution is 5.86. The van der Waals surface area contributed by atoms with Crippen LogP contribution >= 0.6 is 0 Å². The highest BCUT2D eigenvalue weighted by Gasteiger charge is 2.17. The molecule has 0 atom stereocenters. The van der Waals surface area contributed by atoms with Crippen LogP contribution in [0.2, 0.25) is 0 Å². The second kappa shape index (κ2) is 8.12. The van der Waals surface area contributed by atoms with Crippen LogP contribution in [-0.4, -0.2) is 52.4 Å². The van der Waals surface area contributed by atoms with Crippen molar-refractivity contribution in [2.45, 2.75) is 6.92 Å². The standard InChI is InChI=1S/C23H23N5O2/c1-2-30-19-7-5-17(6-8-19)20-14-18-4-3-9-24-23(18)28(20)22-15-21(25-16-26-22)27-10-12-29-13-11-27/h3-9,14-16H,2,10-13H2,1H3. The van der Waals surface area contributed by atoms with E-state index >= 15 is 0 Å². The van der Waals surface area contributed by atoms with Crippen molar-refractivity contribution in [1.29, 1.82) is 0 Å². The molecular formula is C23H23N5O2. The lowest BCUT2D eigenvalue weighted by molar-refractivity contribution is 0.122. The third-order valence-electron chi connectivity index (χ3n) is 5.23. The normalized spacial score (nSPS) is 14.2. The monoisotopic (exact) mass is 401 g/mol. The molecule has 1 aliphatic heterocycles. The molecule has 4 aromatic rings. The summed E-state index contributed by atoms with van der Waals surface area (Å²) < 4.78 is 13.2. The van der Waals surface area contributed by atoms with Crippen molar-refractivity contribution in [3.8, 4) is 22.8 Å². The molecule has 0 saturated carbocycles. The second-order valence-corrected chi connectivity index (χ2v) is 7.07. The highest BCUT2D eigenvalue weighted by atomic mass is 16.5. The van der Waals surface area contributed by atoms with Gasteiger partial charge >= 0.3 is 0 Å². The minimum atomic E-state index is 0.648. The van der Waals surface area contributed by atoms with E-state index < -0.39 is 0 Å². The van der Waals surface area contributed by atoms with Gasteiger partial charge in [0.05, 0.1) is 25.5 Å². The zero-order chi connectivity index (χ0) is 20.3. The summed E-state index contributed by atoms with van der Waals surface area (Å²) >= 11 is 0. The molecule has 1 fully saturated rings. The maximum atomic E-state index is 5.60. The number of ether oxygens (including phenoxy) is 2. The Hall–Kier alpha value is -3.45. The number of fused-ring (bicyclic) bond motifs is 1. The number of benzene rings is 1.